The number of halogens is 1. The van der Waals surface area contributed by atoms with Crippen LogP contribution in [0.5, 0.6) is 5.75 Å². The molecule has 3 fully saturated rings. The van der Waals surface area contributed by atoms with Crippen molar-refractivity contribution in [3.63, 3.8) is 0 Å². The number of hydrogen-bond donors (Lipinski definition) is 1. The number of benzene rings is 2. The first-order chi connectivity index (χ1) is 14.1. The summed E-state index contributed by atoms with van der Waals surface area (Å²) < 4.78 is 20.5. The molecule has 2 saturated heterocycles. The first-order valence-corrected chi connectivity index (χ1v) is 10.6. The number of nitrogens with two attached hydrogens (primary N) is 1. The summed E-state index contributed by atoms with van der Waals surface area (Å²) in [5.41, 5.74) is 9.20. The van der Waals surface area contributed by atoms with E-state index in [2.05, 4.69) is 17.0 Å². The molecule has 1 saturated carbocycles. The number of ether oxygens (including phenoxy) is 1. The van der Waals surface area contributed by atoms with Gasteiger partial charge in [-0.2, -0.15) is 5.26 Å². The Morgan fingerprint density at radius 1 is 1.14 bits per heavy atom. The molecule has 0 amide bonds. The Labute approximate surface area is 171 Å². The third-order valence-electron chi connectivity index (χ3n) is 6.88. The van der Waals surface area contributed by atoms with E-state index >= 15 is 0 Å². The summed E-state index contributed by atoms with van der Waals surface area (Å²) in [7, 11) is 0. The zero-order valence-electron chi connectivity index (χ0n) is 16.5. The van der Waals surface area contributed by atoms with Gasteiger partial charge in [0.15, 0.2) is 0 Å². The second-order valence-electron chi connectivity index (χ2n) is 8.68. The second-order valence-corrected chi connectivity index (χ2v) is 8.68. The van der Waals surface area contributed by atoms with Crippen LogP contribution < -0.4 is 10.5 Å². The monoisotopic (exact) mass is 391 g/mol. The van der Waals surface area contributed by atoms with Gasteiger partial charge < -0.3 is 10.5 Å². The highest BCUT2D eigenvalue weighted by Crippen LogP contribution is 2.40. The Bertz CT molecular complexity index is 965. The van der Waals surface area contributed by atoms with Crippen LogP contribution in [0.1, 0.15) is 49.7 Å². The van der Waals surface area contributed by atoms with Crippen LogP contribution in [0, 0.1) is 17.1 Å². The van der Waals surface area contributed by atoms with Gasteiger partial charge >= 0.3 is 0 Å². The number of rotatable bonds is 5. The molecule has 0 aromatic heterocycles. The number of hydrogen-bond acceptors (Lipinski definition) is 4. The molecular formula is C24H26FN3O. The lowest BCUT2D eigenvalue weighted by Crippen LogP contribution is -2.36. The summed E-state index contributed by atoms with van der Waals surface area (Å²) in [5, 5.41) is 9.04. The van der Waals surface area contributed by atoms with Crippen LogP contribution in [0.15, 0.2) is 36.4 Å². The molecule has 1 aliphatic carbocycles. The molecular weight excluding hydrogens is 365 g/mol. The summed E-state index contributed by atoms with van der Waals surface area (Å²) in [6, 6.07) is 14.3. The number of nitriles is 1. The first kappa shape index (κ1) is 18.6. The van der Waals surface area contributed by atoms with Gasteiger partial charge in [0.25, 0.3) is 0 Å². The Hall–Kier alpha value is -2.42. The van der Waals surface area contributed by atoms with E-state index in [0.717, 1.165) is 42.7 Å². The van der Waals surface area contributed by atoms with Gasteiger partial charge in [0.1, 0.15) is 17.6 Å². The third kappa shape index (κ3) is 3.41. The lowest BCUT2D eigenvalue weighted by Gasteiger charge is -2.28. The maximum absolute atomic E-state index is 14.3. The van der Waals surface area contributed by atoms with Gasteiger partial charge in [-0.15, -0.1) is 0 Å². The van der Waals surface area contributed by atoms with Crippen molar-refractivity contribution in [3.8, 4) is 22.9 Å². The lowest BCUT2D eigenvalue weighted by molar-refractivity contribution is 0.121. The van der Waals surface area contributed by atoms with Gasteiger partial charge in [0.2, 0.25) is 0 Å². The Kier molecular flexibility index (Phi) is 4.77. The molecule has 150 valence electrons. The molecule has 4 nitrogen and oxygen atoms in total. The molecule has 2 N–H and O–H groups in total. The first-order valence-electron chi connectivity index (χ1n) is 10.6. The van der Waals surface area contributed by atoms with E-state index in [9.17, 15) is 4.39 Å². The predicted molar refractivity (Wildman–Crippen MR) is 110 cm³/mol. The molecule has 2 heterocycles. The maximum Gasteiger partial charge on any atom is 0.141 e. The average Bonchev–Trinajstić information content (AvgIpc) is 3.20. The van der Waals surface area contributed by atoms with Crippen molar-refractivity contribution in [2.24, 2.45) is 5.73 Å². The van der Waals surface area contributed by atoms with Crippen LogP contribution in [0.4, 0.5) is 4.39 Å². The van der Waals surface area contributed by atoms with E-state index in [1.54, 1.807) is 6.07 Å². The highest BCUT2D eigenvalue weighted by molar-refractivity contribution is 5.72. The zero-order chi connectivity index (χ0) is 20.0. The highest BCUT2D eigenvalue weighted by Gasteiger charge is 2.44. The number of nitrogens with zero attached hydrogens (tertiary/aromatic N) is 2. The van der Waals surface area contributed by atoms with Gasteiger partial charge in [0.05, 0.1) is 11.7 Å². The van der Waals surface area contributed by atoms with Gasteiger partial charge in [-0.1, -0.05) is 12.1 Å². The third-order valence-corrected chi connectivity index (χ3v) is 6.88. The van der Waals surface area contributed by atoms with Gasteiger partial charge in [-0.3, -0.25) is 4.90 Å². The molecule has 0 radical (unpaired) electrons. The average molecular weight is 391 g/mol. The molecule has 2 aliphatic heterocycles. The minimum Gasteiger partial charge on any atom is -0.490 e. The fourth-order valence-corrected chi connectivity index (χ4v) is 5.05. The van der Waals surface area contributed by atoms with Gasteiger partial charge in [0, 0.05) is 30.2 Å². The van der Waals surface area contributed by atoms with Gasteiger partial charge in [-0.05, 0) is 73.9 Å². The molecule has 0 unspecified atom stereocenters. The largest absolute Gasteiger partial charge is 0.490 e. The van der Waals surface area contributed by atoms with Gasteiger partial charge in [-0.25, -0.2) is 4.39 Å². The molecule has 3 aliphatic rings. The summed E-state index contributed by atoms with van der Waals surface area (Å²) in [5.74, 6) is 0.303. The summed E-state index contributed by atoms with van der Waals surface area (Å²) >= 11 is 0. The smallest absolute Gasteiger partial charge is 0.141 e. The van der Waals surface area contributed by atoms with E-state index in [1.165, 1.54) is 30.9 Å². The summed E-state index contributed by atoms with van der Waals surface area (Å²) in [6.07, 6.45) is 7.07. The van der Waals surface area contributed by atoms with Crippen LogP contribution in [0.2, 0.25) is 0 Å². The fraction of sp³-hybridized carbons (Fsp3) is 0.458. The van der Waals surface area contributed by atoms with Crippen LogP contribution >= 0.6 is 0 Å². The van der Waals surface area contributed by atoms with Crippen LogP contribution in [-0.2, 0) is 6.54 Å². The summed E-state index contributed by atoms with van der Waals surface area (Å²) in [6.45, 7) is 0.860. The minimum absolute atomic E-state index is 0.0639. The van der Waals surface area contributed by atoms with Crippen molar-refractivity contribution in [3.05, 3.63) is 53.3 Å². The van der Waals surface area contributed by atoms with Crippen molar-refractivity contribution in [2.75, 3.05) is 0 Å². The molecule has 2 aromatic rings. The van der Waals surface area contributed by atoms with E-state index in [4.69, 9.17) is 15.7 Å². The Balaban J connectivity index is 1.47. The quantitative estimate of drug-likeness (QED) is 0.823. The van der Waals surface area contributed by atoms with Crippen molar-refractivity contribution in [1.82, 2.24) is 4.90 Å². The Morgan fingerprint density at radius 3 is 2.62 bits per heavy atom. The molecule has 2 bridgehead atoms. The minimum atomic E-state index is -0.492. The predicted octanol–water partition coefficient (Wildman–Crippen LogP) is 4.36. The van der Waals surface area contributed by atoms with Crippen molar-refractivity contribution >= 4 is 0 Å². The van der Waals surface area contributed by atoms with Crippen LogP contribution in [0.25, 0.3) is 11.1 Å². The fourth-order valence-electron chi connectivity index (χ4n) is 5.05. The SMILES string of the molecule is N#Cc1ccc(-c2cc(CN3[C@@H]4CC[C@H]3[C@@H](N)C4)ccc2OC2CCC2)cc1F. The Morgan fingerprint density at radius 2 is 2.00 bits per heavy atom. The van der Waals surface area contributed by atoms with E-state index in [1.807, 2.05) is 18.2 Å². The van der Waals surface area contributed by atoms with E-state index in [-0.39, 0.29) is 17.7 Å². The molecule has 3 atom stereocenters. The van der Waals surface area contributed by atoms with Crippen LogP contribution in [0.3, 0.4) is 0 Å². The van der Waals surface area contributed by atoms with Crippen molar-refractivity contribution in [2.45, 2.75) is 69.3 Å². The normalized spacial score (nSPS) is 26.3. The molecule has 29 heavy (non-hydrogen) atoms. The zero-order valence-corrected chi connectivity index (χ0v) is 16.5. The molecule has 5 heteroatoms. The highest BCUT2D eigenvalue weighted by atomic mass is 19.1. The molecule has 5 rings (SSSR count). The van der Waals surface area contributed by atoms with Crippen molar-refractivity contribution in [1.29, 1.82) is 5.26 Å². The summed E-state index contributed by atoms with van der Waals surface area (Å²) in [4.78, 5) is 2.54. The topological polar surface area (TPSA) is 62.3 Å². The van der Waals surface area contributed by atoms with E-state index in [0.29, 0.717) is 12.1 Å². The molecule has 2 aromatic carbocycles. The second kappa shape index (κ2) is 7.44. The number of fused-ring (bicyclic) bond motifs is 2. The van der Waals surface area contributed by atoms with Crippen molar-refractivity contribution < 1.29 is 9.13 Å². The van der Waals surface area contributed by atoms with E-state index < -0.39 is 5.82 Å². The van der Waals surface area contributed by atoms with Crippen LogP contribution in [-0.4, -0.2) is 29.1 Å². The molecule has 0 spiro atoms. The maximum atomic E-state index is 14.3. The standard InChI is InChI=1S/C24H26FN3O/c25-21-11-16(5-6-17(21)13-26)20-10-15(4-9-24(20)29-19-2-1-3-19)14-28-18-7-8-23(28)22(27)12-18/h4-6,9-11,18-19,22-23H,1-3,7-8,12,14,27H2/t18-,22+,23+/m1/s1. The lowest BCUT2D eigenvalue weighted by atomic mass is 9.95.